The van der Waals surface area contributed by atoms with E-state index in [0.29, 0.717) is 0 Å². The number of nitrogens with zero attached hydrogens (tertiary/aromatic N) is 1. The lowest BCUT2D eigenvalue weighted by molar-refractivity contribution is -0.121. The van der Waals surface area contributed by atoms with Crippen LogP contribution in [0, 0.1) is 0 Å². The van der Waals surface area contributed by atoms with Crippen molar-refractivity contribution in [3.8, 4) is 0 Å². The minimum absolute atomic E-state index is 0.0351. The highest BCUT2D eigenvalue weighted by Crippen LogP contribution is 2.21. The highest BCUT2D eigenvalue weighted by molar-refractivity contribution is 5.97. The number of nitrogens with one attached hydrogen (secondary N) is 1. The molecule has 0 radical (unpaired) electrons. The smallest absolute Gasteiger partial charge is 0.244 e. The number of carbonyl (C=O) groups is 1. The van der Waals surface area contributed by atoms with Crippen LogP contribution in [-0.2, 0) is 11.4 Å². The van der Waals surface area contributed by atoms with E-state index in [9.17, 15) is 4.79 Å². The molecule has 0 aromatic heterocycles. The number of likely N-dealkylation sites (N-methyl/N-ethyl adjacent to an activating group) is 1. The highest BCUT2D eigenvalue weighted by Gasteiger charge is 2.28. The Bertz CT molecular complexity index is 389. The van der Waals surface area contributed by atoms with Gasteiger partial charge in [-0.3, -0.25) is 4.79 Å². The molecule has 1 unspecified atom stereocenters. The lowest BCUT2D eigenvalue weighted by Gasteiger charge is -2.32. The number of aliphatic hydroxyl groups excluding tert-OH is 1. The Morgan fingerprint density at radius 1 is 1.41 bits per heavy atom. The molecule has 4 nitrogen and oxygen atoms in total. The highest BCUT2D eigenvalue weighted by atomic mass is 16.3. The lowest BCUT2D eigenvalue weighted by Crippen LogP contribution is -2.49. The molecule has 2 N–H and O–H groups in total. The van der Waals surface area contributed by atoms with Crippen molar-refractivity contribution >= 4 is 11.6 Å². The van der Waals surface area contributed by atoms with Crippen LogP contribution in [0.2, 0.25) is 0 Å². The second kappa shape index (κ2) is 5.29. The molecule has 1 aliphatic rings. The molecule has 1 aliphatic heterocycles. The van der Waals surface area contributed by atoms with Crippen LogP contribution in [0.4, 0.5) is 5.69 Å². The number of rotatable bonds is 3. The monoisotopic (exact) mass is 234 g/mol. The van der Waals surface area contributed by atoms with Crippen LogP contribution >= 0.6 is 0 Å². The summed E-state index contributed by atoms with van der Waals surface area (Å²) in [5, 5.41) is 12.0. The van der Waals surface area contributed by atoms with Gasteiger partial charge in [0.1, 0.15) is 0 Å². The predicted octanol–water partition coefficient (Wildman–Crippen LogP) is 0.894. The molecular formula is C13H18N2O2. The van der Waals surface area contributed by atoms with Gasteiger partial charge in [0.2, 0.25) is 5.91 Å². The molecule has 17 heavy (non-hydrogen) atoms. The summed E-state index contributed by atoms with van der Waals surface area (Å²) >= 11 is 0. The van der Waals surface area contributed by atoms with Crippen LogP contribution < -0.4 is 10.2 Å². The molecular weight excluding hydrogens is 216 g/mol. The van der Waals surface area contributed by atoms with Gasteiger partial charge in [-0.2, -0.15) is 0 Å². The number of piperidine rings is 1. The van der Waals surface area contributed by atoms with Crippen LogP contribution in [0.3, 0.4) is 0 Å². The lowest BCUT2D eigenvalue weighted by atomic mass is 10.0. The topological polar surface area (TPSA) is 52.6 Å². The first-order valence-corrected chi connectivity index (χ1v) is 5.94. The normalized spacial score (nSPS) is 20.7. The van der Waals surface area contributed by atoms with Crippen molar-refractivity contribution in [3.05, 3.63) is 29.8 Å². The quantitative estimate of drug-likeness (QED) is 0.817. The summed E-state index contributed by atoms with van der Waals surface area (Å²) in [6.07, 6.45) is 1.92. The maximum atomic E-state index is 12.1. The Morgan fingerprint density at radius 2 is 2.12 bits per heavy atom. The third-order valence-corrected chi connectivity index (χ3v) is 3.22. The summed E-state index contributed by atoms with van der Waals surface area (Å²) in [4.78, 5) is 13.9. The van der Waals surface area contributed by atoms with E-state index in [-0.39, 0.29) is 18.6 Å². The van der Waals surface area contributed by atoms with Crippen molar-refractivity contribution < 1.29 is 9.90 Å². The van der Waals surface area contributed by atoms with Gasteiger partial charge in [-0.15, -0.1) is 0 Å². The Labute approximate surface area is 101 Å². The van der Waals surface area contributed by atoms with Gasteiger partial charge >= 0.3 is 0 Å². The van der Waals surface area contributed by atoms with Crippen molar-refractivity contribution in [1.82, 2.24) is 5.32 Å². The van der Waals surface area contributed by atoms with Crippen LogP contribution in [0.1, 0.15) is 18.4 Å². The van der Waals surface area contributed by atoms with E-state index in [0.717, 1.165) is 30.6 Å². The van der Waals surface area contributed by atoms with Crippen LogP contribution in [-0.4, -0.2) is 30.6 Å². The van der Waals surface area contributed by atoms with Gasteiger partial charge in [-0.05, 0) is 37.6 Å². The molecule has 0 aliphatic carbocycles. The van der Waals surface area contributed by atoms with Crippen LogP contribution in [0.5, 0.6) is 0 Å². The van der Waals surface area contributed by atoms with Gasteiger partial charge in [0, 0.05) is 12.2 Å². The Morgan fingerprint density at radius 3 is 2.71 bits per heavy atom. The molecule has 0 saturated carbocycles. The van der Waals surface area contributed by atoms with Crippen molar-refractivity contribution in [2.24, 2.45) is 0 Å². The number of aliphatic hydroxyl groups is 1. The van der Waals surface area contributed by atoms with E-state index in [1.54, 1.807) is 0 Å². The summed E-state index contributed by atoms with van der Waals surface area (Å²) in [6, 6.07) is 7.42. The fraction of sp³-hybridized carbons (Fsp3) is 0.462. The van der Waals surface area contributed by atoms with Gasteiger partial charge in [0.05, 0.1) is 12.6 Å². The zero-order valence-electron chi connectivity index (χ0n) is 10.0. The Balaban J connectivity index is 2.17. The van der Waals surface area contributed by atoms with E-state index in [1.807, 2.05) is 36.2 Å². The largest absolute Gasteiger partial charge is 0.392 e. The number of amides is 1. The van der Waals surface area contributed by atoms with Crippen LogP contribution in [0.15, 0.2) is 24.3 Å². The summed E-state index contributed by atoms with van der Waals surface area (Å²) < 4.78 is 0. The second-order valence-electron chi connectivity index (χ2n) is 4.30. The molecule has 2 rings (SSSR count). The minimum atomic E-state index is -0.0683. The minimum Gasteiger partial charge on any atom is -0.392 e. The Kier molecular flexibility index (Phi) is 3.76. The maximum absolute atomic E-state index is 12.1. The van der Waals surface area contributed by atoms with E-state index >= 15 is 0 Å². The average Bonchev–Trinajstić information content (AvgIpc) is 2.39. The molecule has 4 heteroatoms. The van der Waals surface area contributed by atoms with Crippen molar-refractivity contribution in [2.45, 2.75) is 25.5 Å². The molecule has 1 fully saturated rings. The van der Waals surface area contributed by atoms with Gasteiger partial charge in [-0.1, -0.05) is 12.1 Å². The van der Waals surface area contributed by atoms with Gasteiger partial charge in [0.15, 0.2) is 0 Å². The van der Waals surface area contributed by atoms with Crippen molar-refractivity contribution in [3.63, 3.8) is 0 Å². The SMILES string of the molecule is CNC1CCCN(c2ccc(CO)cc2)C1=O. The fourth-order valence-corrected chi connectivity index (χ4v) is 2.18. The molecule has 92 valence electrons. The molecule has 1 heterocycles. The molecule has 0 spiro atoms. The van der Waals surface area contributed by atoms with Gasteiger partial charge < -0.3 is 15.3 Å². The number of anilines is 1. The molecule has 1 amide bonds. The van der Waals surface area contributed by atoms with Crippen molar-refractivity contribution in [1.29, 1.82) is 0 Å². The van der Waals surface area contributed by atoms with E-state index < -0.39 is 0 Å². The second-order valence-corrected chi connectivity index (χ2v) is 4.30. The first-order valence-electron chi connectivity index (χ1n) is 5.94. The maximum Gasteiger partial charge on any atom is 0.244 e. The van der Waals surface area contributed by atoms with E-state index in [1.165, 1.54) is 0 Å². The van der Waals surface area contributed by atoms with E-state index in [4.69, 9.17) is 5.11 Å². The molecule has 1 aromatic carbocycles. The van der Waals surface area contributed by atoms with Crippen LogP contribution in [0.25, 0.3) is 0 Å². The number of benzene rings is 1. The summed E-state index contributed by atoms with van der Waals surface area (Å²) in [5.41, 5.74) is 1.77. The first kappa shape index (κ1) is 12.1. The zero-order chi connectivity index (χ0) is 12.3. The fourth-order valence-electron chi connectivity index (χ4n) is 2.18. The van der Waals surface area contributed by atoms with Crippen molar-refractivity contribution in [2.75, 3.05) is 18.5 Å². The summed E-state index contributed by atoms with van der Waals surface area (Å²) in [5.74, 6) is 0.135. The zero-order valence-corrected chi connectivity index (χ0v) is 10.0. The summed E-state index contributed by atoms with van der Waals surface area (Å²) in [7, 11) is 1.82. The third kappa shape index (κ3) is 2.48. The molecule has 1 saturated heterocycles. The number of carbonyl (C=O) groups excluding carboxylic acids is 1. The van der Waals surface area contributed by atoms with E-state index in [2.05, 4.69) is 5.32 Å². The summed E-state index contributed by atoms with van der Waals surface area (Å²) in [6.45, 7) is 0.808. The number of hydrogen-bond donors (Lipinski definition) is 2. The average molecular weight is 234 g/mol. The Hall–Kier alpha value is -1.39. The molecule has 1 atom stereocenters. The third-order valence-electron chi connectivity index (χ3n) is 3.22. The molecule has 0 bridgehead atoms. The first-order chi connectivity index (χ1) is 8.26. The molecule has 1 aromatic rings. The predicted molar refractivity (Wildman–Crippen MR) is 66.8 cm³/mol. The number of hydrogen-bond acceptors (Lipinski definition) is 3. The van der Waals surface area contributed by atoms with Gasteiger partial charge in [-0.25, -0.2) is 0 Å². The standard InChI is InChI=1S/C13H18N2O2/c1-14-12-3-2-8-15(13(12)17)11-6-4-10(9-16)5-7-11/h4-7,12,14,16H,2-3,8-9H2,1H3. The van der Waals surface area contributed by atoms with Gasteiger partial charge in [0.25, 0.3) is 0 Å².